The first-order valence-corrected chi connectivity index (χ1v) is 7.22. The van der Waals surface area contributed by atoms with Crippen molar-refractivity contribution in [1.29, 1.82) is 0 Å². The lowest BCUT2D eigenvalue weighted by Crippen LogP contribution is -2.29. The highest BCUT2D eigenvalue weighted by atomic mass is 15.1. The second kappa shape index (κ2) is 9.00. The van der Waals surface area contributed by atoms with Crippen molar-refractivity contribution in [3.05, 3.63) is 0 Å². The van der Waals surface area contributed by atoms with Gasteiger partial charge in [0.2, 0.25) is 0 Å². The van der Waals surface area contributed by atoms with Crippen LogP contribution in [-0.4, -0.2) is 38.1 Å². The Morgan fingerprint density at radius 2 is 1.88 bits per heavy atom. The SMILES string of the molecule is CCN(C)CCNCCCC1CCCCC1. The zero-order chi connectivity index (χ0) is 11.6. The maximum absolute atomic E-state index is 3.55. The van der Waals surface area contributed by atoms with Gasteiger partial charge in [-0.05, 0) is 38.9 Å². The maximum atomic E-state index is 3.55. The van der Waals surface area contributed by atoms with E-state index in [-0.39, 0.29) is 0 Å². The summed E-state index contributed by atoms with van der Waals surface area (Å²) in [7, 11) is 2.18. The topological polar surface area (TPSA) is 15.3 Å². The smallest absolute Gasteiger partial charge is 0.0104 e. The van der Waals surface area contributed by atoms with Gasteiger partial charge in [0.05, 0.1) is 0 Å². The maximum Gasteiger partial charge on any atom is 0.0104 e. The average molecular weight is 226 g/mol. The highest BCUT2D eigenvalue weighted by Gasteiger charge is 2.12. The van der Waals surface area contributed by atoms with Crippen LogP contribution in [0.15, 0.2) is 0 Å². The van der Waals surface area contributed by atoms with Gasteiger partial charge >= 0.3 is 0 Å². The standard InChI is InChI=1S/C14H30N2/c1-3-16(2)13-12-15-11-7-10-14-8-5-4-6-9-14/h14-15H,3-13H2,1-2H3. The molecule has 0 bridgehead atoms. The Balaban J connectivity index is 1.84. The molecular formula is C14H30N2. The van der Waals surface area contributed by atoms with Crippen LogP contribution in [-0.2, 0) is 0 Å². The molecule has 1 saturated carbocycles. The van der Waals surface area contributed by atoms with E-state index in [1.54, 1.807) is 0 Å². The zero-order valence-electron chi connectivity index (χ0n) is 11.3. The summed E-state index contributed by atoms with van der Waals surface area (Å²) in [6, 6.07) is 0. The van der Waals surface area contributed by atoms with Crippen LogP contribution in [0.5, 0.6) is 0 Å². The Morgan fingerprint density at radius 3 is 2.56 bits per heavy atom. The van der Waals surface area contributed by atoms with Crippen molar-refractivity contribution in [2.75, 3.05) is 33.2 Å². The highest BCUT2D eigenvalue weighted by molar-refractivity contribution is 4.66. The molecule has 96 valence electrons. The van der Waals surface area contributed by atoms with E-state index in [1.165, 1.54) is 58.0 Å². The molecule has 2 heteroatoms. The van der Waals surface area contributed by atoms with Crippen LogP contribution in [0.3, 0.4) is 0 Å². The Hall–Kier alpha value is -0.0800. The molecule has 0 radical (unpaired) electrons. The molecule has 16 heavy (non-hydrogen) atoms. The predicted molar refractivity (Wildman–Crippen MR) is 71.8 cm³/mol. The minimum Gasteiger partial charge on any atom is -0.315 e. The number of likely N-dealkylation sites (N-methyl/N-ethyl adjacent to an activating group) is 1. The molecule has 0 aromatic rings. The van der Waals surface area contributed by atoms with E-state index in [4.69, 9.17) is 0 Å². The molecule has 0 heterocycles. The van der Waals surface area contributed by atoms with Crippen molar-refractivity contribution in [2.24, 2.45) is 5.92 Å². The van der Waals surface area contributed by atoms with Gasteiger partial charge in [0, 0.05) is 13.1 Å². The third-order valence-corrected chi connectivity index (χ3v) is 3.90. The minimum atomic E-state index is 1.05. The van der Waals surface area contributed by atoms with Crippen molar-refractivity contribution in [3.8, 4) is 0 Å². The van der Waals surface area contributed by atoms with E-state index >= 15 is 0 Å². The summed E-state index contributed by atoms with van der Waals surface area (Å²) in [5.41, 5.74) is 0. The molecule has 0 aromatic carbocycles. The zero-order valence-corrected chi connectivity index (χ0v) is 11.3. The first kappa shape index (κ1) is 14.0. The van der Waals surface area contributed by atoms with Crippen molar-refractivity contribution in [3.63, 3.8) is 0 Å². The van der Waals surface area contributed by atoms with Gasteiger partial charge in [-0.3, -0.25) is 0 Å². The van der Waals surface area contributed by atoms with Crippen molar-refractivity contribution >= 4 is 0 Å². The molecule has 0 spiro atoms. The molecule has 1 N–H and O–H groups in total. The van der Waals surface area contributed by atoms with E-state index in [1.807, 2.05) is 0 Å². The quantitative estimate of drug-likeness (QED) is 0.640. The number of nitrogens with one attached hydrogen (secondary N) is 1. The summed E-state index contributed by atoms with van der Waals surface area (Å²) in [6.07, 6.45) is 10.3. The number of hydrogen-bond acceptors (Lipinski definition) is 2. The monoisotopic (exact) mass is 226 g/mol. The normalized spacial score (nSPS) is 18.2. The van der Waals surface area contributed by atoms with Crippen LogP contribution in [0.2, 0.25) is 0 Å². The Labute approximate surface area is 102 Å². The molecule has 0 amide bonds. The van der Waals surface area contributed by atoms with Crippen LogP contribution < -0.4 is 5.32 Å². The van der Waals surface area contributed by atoms with Crippen LogP contribution in [0, 0.1) is 5.92 Å². The third kappa shape index (κ3) is 6.49. The lowest BCUT2D eigenvalue weighted by molar-refractivity contribution is 0.324. The summed E-state index contributed by atoms with van der Waals surface area (Å²) >= 11 is 0. The largest absolute Gasteiger partial charge is 0.315 e. The molecule has 1 fully saturated rings. The number of hydrogen-bond donors (Lipinski definition) is 1. The minimum absolute atomic E-state index is 1.05. The highest BCUT2D eigenvalue weighted by Crippen LogP contribution is 2.26. The van der Waals surface area contributed by atoms with Gasteiger partial charge in [-0.1, -0.05) is 39.0 Å². The lowest BCUT2D eigenvalue weighted by atomic mass is 9.86. The summed E-state index contributed by atoms with van der Waals surface area (Å²) in [5, 5.41) is 3.55. The van der Waals surface area contributed by atoms with Crippen molar-refractivity contribution in [2.45, 2.75) is 51.9 Å². The Morgan fingerprint density at radius 1 is 1.12 bits per heavy atom. The molecule has 2 nitrogen and oxygen atoms in total. The van der Waals surface area contributed by atoms with Crippen molar-refractivity contribution < 1.29 is 0 Å². The summed E-state index contributed by atoms with van der Waals surface area (Å²) in [4.78, 5) is 2.36. The molecule has 0 saturated heterocycles. The fourth-order valence-electron chi connectivity index (χ4n) is 2.54. The van der Waals surface area contributed by atoms with E-state index in [2.05, 4.69) is 24.2 Å². The molecule has 1 aliphatic carbocycles. The first-order chi connectivity index (χ1) is 7.83. The number of nitrogens with zero attached hydrogens (tertiary/aromatic N) is 1. The van der Waals surface area contributed by atoms with Gasteiger partial charge in [-0.15, -0.1) is 0 Å². The predicted octanol–water partition coefficient (Wildman–Crippen LogP) is 2.89. The van der Waals surface area contributed by atoms with E-state index in [0.717, 1.165) is 19.0 Å². The van der Waals surface area contributed by atoms with Crippen LogP contribution >= 0.6 is 0 Å². The van der Waals surface area contributed by atoms with Crippen LogP contribution in [0.25, 0.3) is 0 Å². The third-order valence-electron chi connectivity index (χ3n) is 3.90. The lowest BCUT2D eigenvalue weighted by Gasteiger charge is -2.21. The second-order valence-corrected chi connectivity index (χ2v) is 5.29. The van der Waals surface area contributed by atoms with Gasteiger partial charge in [0.15, 0.2) is 0 Å². The summed E-state index contributed by atoms with van der Waals surface area (Å²) in [6.45, 7) is 6.91. The molecule has 1 rings (SSSR count). The molecular weight excluding hydrogens is 196 g/mol. The fraction of sp³-hybridized carbons (Fsp3) is 1.00. The Bertz CT molecular complexity index is 153. The summed E-state index contributed by atoms with van der Waals surface area (Å²) in [5.74, 6) is 1.05. The van der Waals surface area contributed by atoms with Crippen LogP contribution in [0.4, 0.5) is 0 Å². The first-order valence-electron chi connectivity index (χ1n) is 7.22. The number of rotatable bonds is 8. The van der Waals surface area contributed by atoms with Crippen molar-refractivity contribution in [1.82, 2.24) is 10.2 Å². The van der Waals surface area contributed by atoms with E-state index < -0.39 is 0 Å². The summed E-state index contributed by atoms with van der Waals surface area (Å²) < 4.78 is 0. The van der Waals surface area contributed by atoms with Gasteiger partial charge < -0.3 is 10.2 Å². The van der Waals surface area contributed by atoms with Gasteiger partial charge in [-0.2, -0.15) is 0 Å². The van der Waals surface area contributed by atoms with Gasteiger partial charge in [0.1, 0.15) is 0 Å². The van der Waals surface area contributed by atoms with E-state index in [0.29, 0.717) is 0 Å². The molecule has 0 aromatic heterocycles. The molecule has 0 unspecified atom stereocenters. The Kier molecular flexibility index (Phi) is 7.87. The fourth-order valence-corrected chi connectivity index (χ4v) is 2.54. The molecule has 1 aliphatic rings. The van der Waals surface area contributed by atoms with Gasteiger partial charge in [0.25, 0.3) is 0 Å². The average Bonchev–Trinajstić information content (AvgIpc) is 2.34. The molecule has 0 aliphatic heterocycles. The van der Waals surface area contributed by atoms with E-state index in [9.17, 15) is 0 Å². The molecule has 0 atom stereocenters. The van der Waals surface area contributed by atoms with Crippen LogP contribution in [0.1, 0.15) is 51.9 Å². The second-order valence-electron chi connectivity index (χ2n) is 5.29. The van der Waals surface area contributed by atoms with Gasteiger partial charge in [-0.25, -0.2) is 0 Å².